The molecule has 0 aromatic heterocycles. The van der Waals surface area contributed by atoms with Crippen molar-refractivity contribution in [3.05, 3.63) is 92.4 Å². The van der Waals surface area contributed by atoms with E-state index in [0.29, 0.717) is 27.2 Å². The van der Waals surface area contributed by atoms with Gasteiger partial charge in [0.05, 0.1) is 10.6 Å². The fourth-order valence-corrected chi connectivity index (χ4v) is 5.89. The van der Waals surface area contributed by atoms with Gasteiger partial charge >= 0.3 is 0 Å². The summed E-state index contributed by atoms with van der Waals surface area (Å²) in [6, 6.07) is 15.6. The first kappa shape index (κ1) is 30.1. The van der Waals surface area contributed by atoms with E-state index in [1.165, 1.54) is 41.3 Å². The van der Waals surface area contributed by atoms with Gasteiger partial charge in [0, 0.05) is 38.7 Å². The lowest BCUT2D eigenvalue weighted by Gasteiger charge is -2.32. The van der Waals surface area contributed by atoms with Crippen LogP contribution in [0.5, 0.6) is 0 Å². The maximum absolute atomic E-state index is 13.8. The van der Waals surface area contributed by atoms with Gasteiger partial charge in [0.25, 0.3) is 10.0 Å². The first-order valence-corrected chi connectivity index (χ1v) is 14.4. The highest BCUT2D eigenvalue weighted by Gasteiger charge is 2.33. The lowest BCUT2D eigenvalue weighted by Crippen LogP contribution is -2.51. The number of benzene rings is 3. The smallest absolute Gasteiger partial charge is 0.264 e. The number of hydrogen-bond acceptors (Lipinski definition) is 4. The lowest BCUT2D eigenvalue weighted by atomic mass is 10.1. The molecule has 3 aromatic rings. The molecular formula is C26H25Cl4N3O4S. The second-order valence-electron chi connectivity index (χ2n) is 8.24. The van der Waals surface area contributed by atoms with E-state index in [1.807, 2.05) is 0 Å². The third kappa shape index (κ3) is 7.12. The average molecular weight is 617 g/mol. The Morgan fingerprint density at radius 3 is 2.08 bits per heavy atom. The fraction of sp³-hybridized carbons (Fsp3) is 0.231. The highest BCUT2D eigenvalue weighted by atomic mass is 35.5. The van der Waals surface area contributed by atoms with Crippen molar-refractivity contribution in [3.8, 4) is 0 Å². The summed E-state index contributed by atoms with van der Waals surface area (Å²) in [4.78, 5) is 27.8. The highest BCUT2D eigenvalue weighted by Crippen LogP contribution is 2.29. The van der Waals surface area contributed by atoms with E-state index in [1.54, 1.807) is 44.2 Å². The first-order chi connectivity index (χ1) is 17.9. The van der Waals surface area contributed by atoms with Crippen LogP contribution in [-0.2, 0) is 26.2 Å². The van der Waals surface area contributed by atoms with Gasteiger partial charge in [-0.15, -0.1) is 0 Å². The second-order valence-corrected chi connectivity index (χ2v) is 11.8. The van der Waals surface area contributed by atoms with Crippen molar-refractivity contribution in [2.75, 3.05) is 17.4 Å². The summed E-state index contributed by atoms with van der Waals surface area (Å²) < 4.78 is 28.4. The van der Waals surface area contributed by atoms with Crippen molar-refractivity contribution in [1.29, 1.82) is 0 Å². The molecule has 0 bridgehead atoms. The molecule has 202 valence electrons. The zero-order valence-corrected chi connectivity index (χ0v) is 24.3. The SMILES string of the molecule is CCNC(=O)C(C)N(Cc1c(Cl)cccc1Cl)C(=O)CN(c1cccc(Cl)c1)S(=O)(=O)c1ccc(Cl)cc1. The van der Waals surface area contributed by atoms with Gasteiger partial charge in [-0.3, -0.25) is 13.9 Å². The Balaban J connectivity index is 2.07. The predicted octanol–water partition coefficient (Wildman–Crippen LogP) is 6.05. The Kier molecular flexibility index (Phi) is 10.3. The number of hydrogen-bond donors (Lipinski definition) is 1. The maximum Gasteiger partial charge on any atom is 0.264 e. The number of nitrogens with zero attached hydrogens (tertiary/aromatic N) is 2. The second kappa shape index (κ2) is 13.0. The zero-order chi connectivity index (χ0) is 28.0. The molecule has 3 aromatic carbocycles. The topological polar surface area (TPSA) is 86.8 Å². The van der Waals surface area contributed by atoms with Crippen LogP contribution < -0.4 is 9.62 Å². The van der Waals surface area contributed by atoms with Crippen LogP contribution >= 0.6 is 46.4 Å². The van der Waals surface area contributed by atoms with Gasteiger partial charge in [-0.25, -0.2) is 8.42 Å². The van der Waals surface area contributed by atoms with Gasteiger partial charge in [0.1, 0.15) is 12.6 Å². The summed E-state index contributed by atoms with van der Waals surface area (Å²) in [6.45, 7) is 2.89. The standard InChI is InChI=1S/C26H25Cl4N3O4S/c1-3-31-26(35)17(2)32(15-22-23(29)8-5-9-24(22)30)25(34)16-33(20-7-4-6-19(28)14-20)38(36,37)21-12-10-18(27)11-13-21/h4-14,17H,3,15-16H2,1-2H3,(H,31,35). The van der Waals surface area contributed by atoms with Crippen LogP contribution in [-0.4, -0.2) is 44.3 Å². The van der Waals surface area contributed by atoms with E-state index >= 15 is 0 Å². The third-order valence-electron chi connectivity index (χ3n) is 5.69. The maximum atomic E-state index is 13.8. The molecule has 38 heavy (non-hydrogen) atoms. The van der Waals surface area contributed by atoms with Crippen molar-refractivity contribution in [2.24, 2.45) is 0 Å². The first-order valence-electron chi connectivity index (χ1n) is 11.5. The number of likely N-dealkylation sites (N-methyl/N-ethyl adjacent to an activating group) is 1. The molecule has 0 heterocycles. The number of halogens is 4. The van der Waals surface area contributed by atoms with Gasteiger partial charge < -0.3 is 10.2 Å². The predicted molar refractivity (Wildman–Crippen MR) is 153 cm³/mol. The molecule has 1 N–H and O–H groups in total. The van der Waals surface area contributed by atoms with E-state index in [9.17, 15) is 18.0 Å². The molecule has 0 saturated heterocycles. The number of rotatable bonds is 10. The molecule has 1 atom stereocenters. The summed E-state index contributed by atoms with van der Waals surface area (Å²) in [5.74, 6) is -1.07. The minimum atomic E-state index is -4.25. The minimum Gasteiger partial charge on any atom is -0.355 e. The molecule has 0 aliphatic heterocycles. The number of nitrogens with one attached hydrogen (secondary N) is 1. The molecule has 7 nitrogen and oxygen atoms in total. The lowest BCUT2D eigenvalue weighted by molar-refractivity contribution is -0.139. The van der Waals surface area contributed by atoms with Gasteiger partial charge in [-0.05, 0) is 68.4 Å². The molecule has 0 fully saturated rings. The molecule has 1 unspecified atom stereocenters. The van der Waals surface area contributed by atoms with Crippen LogP contribution in [0.15, 0.2) is 71.6 Å². The van der Waals surface area contributed by atoms with Gasteiger partial charge in [0.15, 0.2) is 0 Å². The summed E-state index contributed by atoms with van der Waals surface area (Å²) in [5, 5.41) is 3.93. The van der Waals surface area contributed by atoms with Crippen molar-refractivity contribution in [2.45, 2.75) is 31.3 Å². The Morgan fingerprint density at radius 2 is 1.50 bits per heavy atom. The number of anilines is 1. The van der Waals surface area contributed by atoms with Crippen LogP contribution in [0.2, 0.25) is 20.1 Å². The number of carbonyl (C=O) groups is 2. The Morgan fingerprint density at radius 1 is 0.895 bits per heavy atom. The number of amides is 2. The molecule has 12 heteroatoms. The largest absolute Gasteiger partial charge is 0.355 e. The molecule has 3 rings (SSSR count). The third-order valence-corrected chi connectivity index (χ3v) is 8.67. The highest BCUT2D eigenvalue weighted by molar-refractivity contribution is 7.92. The summed E-state index contributed by atoms with van der Waals surface area (Å²) in [5.41, 5.74) is 0.595. The number of carbonyl (C=O) groups excluding carboxylic acids is 2. The normalized spacial score (nSPS) is 12.1. The molecule has 0 aliphatic rings. The fourth-order valence-electron chi connectivity index (χ4n) is 3.65. The summed E-state index contributed by atoms with van der Waals surface area (Å²) in [6.07, 6.45) is 0. The molecule has 0 radical (unpaired) electrons. The van der Waals surface area contributed by atoms with Gasteiger partial charge in [-0.1, -0.05) is 58.5 Å². The molecular weight excluding hydrogens is 592 g/mol. The van der Waals surface area contributed by atoms with Gasteiger partial charge in [-0.2, -0.15) is 0 Å². The quantitative estimate of drug-likeness (QED) is 0.300. The van der Waals surface area contributed by atoms with Crippen LogP contribution in [0.1, 0.15) is 19.4 Å². The average Bonchev–Trinajstić information content (AvgIpc) is 2.87. The molecule has 2 amide bonds. The van der Waals surface area contributed by atoms with E-state index in [0.717, 1.165) is 4.31 Å². The van der Waals surface area contributed by atoms with Crippen LogP contribution in [0.25, 0.3) is 0 Å². The molecule has 0 aliphatic carbocycles. The van der Waals surface area contributed by atoms with Crippen LogP contribution in [0.4, 0.5) is 5.69 Å². The van der Waals surface area contributed by atoms with Crippen molar-refractivity contribution in [3.63, 3.8) is 0 Å². The minimum absolute atomic E-state index is 0.0767. The summed E-state index contributed by atoms with van der Waals surface area (Å²) in [7, 11) is -4.25. The molecule has 0 spiro atoms. The van der Waals surface area contributed by atoms with Crippen LogP contribution in [0.3, 0.4) is 0 Å². The summed E-state index contributed by atoms with van der Waals surface area (Å²) >= 11 is 24.8. The van der Waals surface area contributed by atoms with E-state index < -0.39 is 34.4 Å². The van der Waals surface area contributed by atoms with Gasteiger partial charge in [0.2, 0.25) is 11.8 Å². The van der Waals surface area contributed by atoms with E-state index in [-0.39, 0.29) is 22.2 Å². The van der Waals surface area contributed by atoms with E-state index in [4.69, 9.17) is 46.4 Å². The number of sulfonamides is 1. The Labute approximate surface area is 242 Å². The monoisotopic (exact) mass is 615 g/mol. The zero-order valence-electron chi connectivity index (χ0n) is 20.5. The Bertz CT molecular complexity index is 1400. The molecule has 0 saturated carbocycles. The Hall–Kier alpha value is -2.49. The van der Waals surface area contributed by atoms with Crippen LogP contribution in [0, 0.1) is 0 Å². The van der Waals surface area contributed by atoms with E-state index in [2.05, 4.69) is 5.32 Å². The van der Waals surface area contributed by atoms with Crippen molar-refractivity contribution < 1.29 is 18.0 Å². The van der Waals surface area contributed by atoms with Crippen molar-refractivity contribution in [1.82, 2.24) is 10.2 Å². The van der Waals surface area contributed by atoms with Crippen molar-refractivity contribution >= 4 is 73.9 Å².